The maximum Gasteiger partial charge on any atom is 0.151 e. The van der Waals surface area contributed by atoms with E-state index in [1.54, 1.807) is 0 Å². The quantitative estimate of drug-likeness (QED) is 0.701. The molecule has 0 spiro atoms. The van der Waals surface area contributed by atoms with Gasteiger partial charge in [-0.2, -0.15) is 0 Å². The smallest absolute Gasteiger partial charge is 0.151 e. The van der Waals surface area contributed by atoms with Crippen LogP contribution in [0, 0.1) is 5.92 Å². The number of amidine groups is 1. The van der Waals surface area contributed by atoms with Crippen molar-refractivity contribution in [3.8, 4) is 0 Å². The fourth-order valence-corrected chi connectivity index (χ4v) is 2.01. The minimum Gasteiger partial charge on any atom is -0.392 e. The molecule has 2 N–H and O–H groups in total. The van der Waals surface area contributed by atoms with Crippen molar-refractivity contribution in [3.63, 3.8) is 0 Å². The lowest BCUT2D eigenvalue weighted by atomic mass is 9.96. The Balaban J connectivity index is 2.30. The van der Waals surface area contributed by atoms with Crippen molar-refractivity contribution >= 4 is 12.2 Å². The SMILES string of the molecule is CCC1=N[C@H]2N=CN(C)C[C@H]2C(CO)=CN1. The summed E-state index contributed by atoms with van der Waals surface area (Å²) in [7, 11) is 1.98. The van der Waals surface area contributed by atoms with Crippen LogP contribution >= 0.6 is 0 Å². The zero-order valence-electron chi connectivity index (χ0n) is 9.72. The summed E-state index contributed by atoms with van der Waals surface area (Å²) in [6, 6.07) is 0. The Labute approximate surface area is 95.6 Å². The highest BCUT2D eigenvalue weighted by Crippen LogP contribution is 2.24. The molecule has 5 nitrogen and oxygen atoms in total. The van der Waals surface area contributed by atoms with Gasteiger partial charge in [0.1, 0.15) is 5.84 Å². The number of nitrogens with one attached hydrogen (secondary N) is 1. The Morgan fingerprint density at radius 1 is 1.62 bits per heavy atom. The van der Waals surface area contributed by atoms with Gasteiger partial charge in [-0.05, 0) is 5.57 Å². The molecule has 2 aliphatic heterocycles. The summed E-state index contributed by atoms with van der Waals surface area (Å²) in [5, 5.41) is 12.5. The molecule has 0 amide bonds. The molecule has 0 aliphatic carbocycles. The van der Waals surface area contributed by atoms with E-state index in [9.17, 15) is 5.11 Å². The lowest BCUT2D eigenvalue weighted by Crippen LogP contribution is -2.37. The van der Waals surface area contributed by atoms with Gasteiger partial charge in [0.2, 0.25) is 0 Å². The molecule has 2 heterocycles. The standard InChI is InChI=1S/C11H18N4O/c1-3-10-12-4-8(6-16)9-5-15(2)7-13-11(9)14-10/h4,7,9,11,16H,3,5-6H2,1-2H3,(H,12,14)/t9-,11+/m0/s1. The van der Waals surface area contributed by atoms with E-state index in [0.717, 1.165) is 24.4 Å². The van der Waals surface area contributed by atoms with Gasteiger partial charge in [0.05, 0.1) is 12.9 Å². The van der Waals surface area contributed by atoms with Crippen LogP contribution in [0.5, 0.6) is 0 Å². The van der Waals surface area contributed by atoms with Crippen molar-refractivity contribution in [1.82, 2.24) is 10.2 Å². The summed E-state index contributed by atoms with van der Waals surface area (Å²) < 4.78 is 0. The van der Waals surface area contributed by atoms with Crippen LogP contribution < -0.4 is 5.32 Å². The molecule has 5 heteroatoms. The number of fused-ring (bicyclic) bond motifs is 1. The maximum absolute atomic E-state index is 9.37. The average Bonchev–Trinajstić information content (AvgIpc) is 2.47. The van der Waals surface area contributed by atoms with E-state index >= 15 is 0 Å². The summed E-state index contributed by atoms with van der Waals surface area (Å²) >= 11 is 0. The number of hydrogen-bond acceptors (Lipinski definition) is 5. The van der Waals surface area contributed by atoms with Crippen molar-refractivity contribution in [3.05, 3.63) is 11.8 Å². The van der Waals surface area contributed by atoms with Gasteiger partial charge in [-0.25, -0.2) is 9.98 Å². The van der Waals surface area contributed by atoms with Crippen molar-refractivity contribution in [2.75, 3.05) is 20.2 Å². The van der Waals surface area contributed by atoms with Crippen LogP contribution in [0.25, 0.3) is 0 Å². The number of rotatable bonds is 2. The Morgan fingerprint density at radius 3 is 3.12 bits per heavy atom. The number of aliphatic imine (C=N–C) groups is 2. The first-order chi connectivity index (χ1) is 7.74. The summed E-state index contributed by atoms with van der Waals surface area (Å²) in [4.78, 5) is 11.0. The molecule has 0 unspecified atom stereocenters. The third kappa shape index (κ3) is 2.09. The molecule has 0 aromatic rings. The van der Waals surface area contributed by atoms with E-state index in [4.69, 9.17) is 0 Å². The van der Waals surface area contributed by atoms with E-state index in [1.807, 2.05) is 24.5 Å². The Morgan fingerprint density at radius 2 is 2.44 bits per heavy atom. The fraction of sp³-hybridized carbons (Fsp3) is 0.636. The average molecular weight is 222 g/mol. The molecule has 2 aliphatic rings. The van der Waals surface area contributed by atoms with Gasteiger partial charge in [0.25, 0.3) is 0 Å². The monoisotopic (exact) mass is 222 g/mol. The summed E-state index contributed by atoms with van der Waals surface area (Å²) in [6.45, 7) is 2.96. The predicted octanol–water partition coefficient (Wildman–Crippen LogP) is 0.190. The molecule has 0 bridgehead atoms. The molecule has 0 aromatic heterocycles. The Hall–Kier alpha value is -1.36. The van der Waals surface area contributed by atoms with Crippen LogP contribution in [-0.2, 0) is 0 Å². The molecule has 2 atom stereocenters. The van der Waals surface area contributed by atoms with Crippen LogP contribution in [0.4, 0.5) is 0 Å². The van der Waals surface area contributed by atoms with Gasteiger partial charge in [-0.3, -0.25) is 0 Å². The number of nitrogens with zero attached hydrogens (tertiary/aromatic N) is 3. The largest absolute Gasteiger partial charge is 0.392 e. The van der Waals surface area contributed by atoms with Crippen molar-refractivity contribution in [2.45, 2.75) is 19.5 Å². The zero-order valence-corrected chi connectivity index (χ0v) is 9.72. The summed E-state index contributed by atoms with van der Waals surface area (Å²) in [5.74, 6) is 1.11. The van der Waals surface area contributed by atoms with Crippen LogP contribution in [0.2, 0.25) is 0 Å². The van der Waals surface area contributed by atoms with Crippen LogP contribution in [0.15, 0.2) is 21.8 Å². The molecular formula is C11H18N4O. The maximum atomic E-state index is 9.37. The second kappa shape index (κ2) is 4.65. The predicted molar refractivity (Wildman–Crippen MR) is 64.4 cm³/mol. The van der Waals surface area contributed by atoms with Crippen LogP contribution in [0.1, 0.15) is 13.3 Å². The number of aliphatic hydroxyl groups excluding tert-OH is 1. The third-order valence-electron chi connectivity index (χ3n) is 2.97. The third-order valence-corrected chi connectivity index (χ3v) is 2.97. The van der Waals surface area contributed by atoms with Crippen molar-refractivity contribution in [1.29, 1.82) is 0 Å². The molecule has 0 radical (unpaired) electrons. The number of aliphatic hydroxyl groups is 1. The van der Waals surface area contributed by atoms with E-state index in [2.05, 4.69) is 22.2 Å². The molecule has 16 heavy (non-hydrogen) atoms. The van der Waals surface area contributed by atoms with Gasteiger partial charge < -0.3 is 15.3 Å². The van der Waals surface area contributed by atoms with Gasteiger partial charge in [-0.1, -0.05) is 6.92 Å². The Bertz CT molecular complexity index is 348. The summed E-state index contributed by atoms with van der Waals surface area (Å²) in [5.41, 5.74) is 0.973. The lowest BCUT2D eigenvalue weighted by molar-refractivity contribution is 0.281. The highest BCUT2D eigenvalue weighted by atomic mass is 16.3. The van der Waals surface area contributed by atoms with Gasteiger partial charge in [0, 0.05) is 32.1 Å². The highest BCUT2D eigenvalue weighted by molar-refractivity contribution is 5.83. The topological polar surface area (TPSA) is 60.2 Å². The van der Waals surface area contributed by atoms with Crippen LogP contribution in [-0.4, -0.2) is 48.5 Å². The minimum atomic E-state index is -0.0838. The molecule has 0 saturated heterocycles. The fourth-order valence-electron chi connectivity index (χ4n) is 2.01. The molecule has 2 rings (SSSR count). The number of hydrogen-bond donors (Lipinski definition) is 2. The van der Waals surface area contributed by atoms with Crippen molar-refractivity contribution in [2.24, 2.45) is 15.9 Å². The second-order valence-corrected chi connectivity index (χ2v) is 4.18. The van der Waals surface area contributed by atoms with Gasteiger partial charge in [0.15, 0.2) is 6.17 Å². The van der Waals surface area contributed by atoms with Gasteiger partial charge in [-0.15, -0.1) is 0 Å². The van der Waals surface area contributed by atoms with Crippen LogP contribution in [0.3, 0.4) is 0 Å². The second-order valence-electron chi connectivity index (χ2n) is 4.18. The highest BCUT2D eigenvalue weighted by Gasteiger charge is 2.29. The first-order valence-electron chi connectivity index (χ1n) is 5.61. The Kier molecular flexibility index (Phi) is 3.24. The molecule has 88 valence electrons. The first-order valence-corrected chi connectivity index (χ1v) is 5.61. The van der Waals surface area contributed by atoms with E-state index in [0.29, 0.717) is 0 Å². The zero-order chi connectivity index (χ0) is 11.5. The van der Waals surface area contributed by atoms with E-state index in [1.165, 1.54) is 0 Å². The molecule has 0 aromatic carbocycles. The van der Waals surface area contributed by atoms with E-state index in [-0.39, 0.29) is 18.7 Å². The molecular weight excluding hydrogens is 204 g/mol. The van der Waals surface area contributed by atoms with Gasteiger partial charge >= 0.3 is 0 Å². The first kappa shape index (κ1) is 11.1. The minimum absolute atomic E-state index is 0.0596. The summed E-state index contributed by atoms with van der Waals surface area (Å²) in [6.07, 6.45) is 4.46. The molecule has 0 fully saturated rings. The van der Waals surface area contributed by atoms with Crippen molar-refractivity contribution < 1.29 is 5.11 Å². The van der Waals surface area contributed by atoms with E-state index < -0.39 is 0 Å². The lowest BCUT2D eigenvalue weighted by Gasteiger charge is -2.30. The normalized spacial score (nSPS) is 28.8. The molecule has 0 saturated carbocycles.